The standard InChI is InChI=1S/C18H26N2S/c1-4-11-19-17(12-18-13-21-15(3)20-18)10-9-16-7-5-14(2)6-8-16/h5-8,13,17,19H,4,9-12H2,1-3H3. The predicted molar refractivity (Wildman–Crippen MR) is 92.1 cm³/mol. The Hall–Kier alpha value is -1.19. The molecule has 0 aliphatic carbocycles. The van der Waals surface area contributed by atoms with Crippen molar-refractivity contribution in [1.29, 1.82) is 0 Å². The van der Waals surface area contributed by atoms with Gasteiger partial charge in [-0.2, -0.15) is 0 Å². The van der Waals surface area contributed by atoms with Gasteiger partial charge in [0.2, 0.25) is 0 Å². The van der Waals surface area contributed by atoms with E-state index < -0.39 is 0 Å². The Bertz CT molecular complexity index is 530. The van der Waals surface area contributed by atoms with Gasteiger partial charge >= 0.3 is 0 Å². The molecule has 2 nitrogen and oxygen atoms in total. The van der Waals surface area contributed by atoms with Crippen LogP contribution < -0.4 is 5.32 Å². The van der Waals surface area contributed by atoms with Gasteiger partial charge in [0.1, 0.15) is 0 Å². The quantitative estimate of drug-likeness (QED) is 0.786. The fourth-order valence-corrected chi connectivity index (χ4v) is 3.10. The van der Waals surface area contributed by atoms with Crippen LogP contribution in [0.2, 0.25) is 0 Å². The highest BCUT2D eigenvalue weighted by molar-refractivity contribution is 7.09. The monoisotopic (exact) mass is 302 g/mol. The molecule has 21 heavy (non-hydrogen) atoms. The number of aromatic nitrogens is 1. The van der Waals surface area contributed by atoms with Crippen LogP contribution in [0.5, 0.6) is 0 Å². The van der Waals surface area contributed by atoms with Gasteiger partial charge in [-0.3, -0.25) is 0 Å². The lowest BCUT2D eigenvalue weighted by Crippen LogP contribution is -2.32. The van der Waals surface area contributed by atoms with Crippen molar-refractivity contribution in [3.63, 3.8) is 0 Å². The smallest absolute Gasteiger partial charge is 0.0897 e. The van der Waals surface area contributed by atoms with Gasteiger partial charge in [-0.25, -0.2) is 4.98 Å². The summed E-state index contributed by atoms with van der Waals surface area (Å²) in [5.41, 5.74) is 3.99. The Morgan fingerprint density at radius 3 is 2.57 bits per heavy atom. The van der Waals surface area contributed by atoms with E-state index in [1.165, 1.54) is 29.7 Å². The zero-order valence-corrected chi connectivity index (χ0v) is 14.2. The summed E-state index contributed by atoms with van der Waals surface area (Å²) in [6.07, 6.45) is 4.51. The van der Waals surface area contributed by atoms with Crippen LogP contribution in [0.4, 0.5) is 0 Å². The van der Waals surface area contributed by atoms with Crippen molar-refractivity contribution >= 4 is 11.3 Å². The number of hydrogen-bond donors (Lipinski definition) is 1. The van der Waals surface area contributed by atoms with Gasteiger partial charge in [-0.1, -0.05) is 36.8 Å². The predicted octanol–water partition coefficient (Wildman–Crippen LogP) is 4.30. The Morgan fingerprint density at radius 1 is 1.19 bits per heavy atom. The van der Waals surface area contributed by atoms with Gasteiger partial charge in [-0.15, -0.1) is 11.3 Å². The van der Waals surface area contributed by atoms with E-state index in [0.29, 0.717) is 6.04 Å². The van der Waals surface area contributed by atoms with Gasteiger partial charge in [0.25, 0.3) is 0 Å². The maximum absolute atomic E-state index is 4.60. The molecule has 0 aliphatic heterocycles. The number of benzene rings is 1. The summed E-state index contributed by atoms with van der Waals surface area (Å²) in [6.45, 7) is 7.52. The van der Waals surface area contributed by atoms with Gasteiger partial charge in [-0.05, 0) is 45.2 Å². The first kappa shape index (κ1) is 16.2. The fourth-order valence-electron chi connectivity index (χ4n) is 2.47. The summed E-state index contributed by atoms with van der Waals surface area (Å²) in [5, 5.41) is 7.03. The van der Waals surface area contributed by atoms with Crippen molar-refractivity contribution in [2.45, 2.75) is 52.5 Å². The highest BCUT2D eigenvalue weighted by atomic mass is 32.1. The summed E-state index contributed by atoms with van der Waals surface area (Å²) in [6, 6.07) is 9.42. The summed E-state index contributed by atoms with van der Waals surface area (Å²) in [4.78, 5) is 4.60. The summed E-state index contributed by atoms with van der Waals surface area (Å²) in [7, 11) is 0. The molecule has 3 heteroatoms. The van der Waals surface area contributed by atoms with Crippen LogP contribution in [0.3, 0.4) is 0 Å². The number of hydrogen-bond acceptors (Lipinski definition) is 3. The molecular formula is C18H26N2S. The molecule has 1 N–H and O–H groups in total. The van der Waals surface area contributed by atoms with Crippen molar-refractivity contribution in [3.05, 3.63) is 51.5 Å². The van der Waals surface area contributed by atoms with E-state index >= 15 is 0 Å². The minimum atomic E-state index is 0.521. The average Bonchev–Trinajstić information content (AvgIpc) is 2.89. The molecule has 2 aromatic rings. The molecule has 0 bridgehead atoms. The molecule has 0 saturated carbocycles. The van der Waals surface area contributed by atoms with Crippen LogP contribution in [0, 0.1) is 13.8 Å². The molecule has 1 aromatic carbocycles. The van der Waals surface area contributed by atoms with Crippen molar-refractivity contribution in [3.8, 4) is 0 Å². The van der Waals surface area contributed by atoms with Crippen LogP contribution in [0.25, 0.3) is 0 Å². The second-order valence-electron chi connectivity index (χ2n) is 5.74. The number of rotatable bonds is 8. The Labute approximate surface area is 132 Å². The third kappa shape index (κ3) is 5.60. The number of aryl methyl sites for hydroxylation is 3. The Morgan fingerprint density at radius 2 is 1.95 bits per heavy atom. The molecule has 0 saturated heterocycles. The van der Waals surface area contributed by atoms with Crippen LogP contribution in [-0.4, -0.2) is 17.6 Å². The minimum absolute atomic E-state index is 0.521. The lowest BCUT2D eigenvalue weighted by molar-refractivity contribution is 0.474. The normalized spacial score (nSPS) is 12.5. The first-order chi connectivity index (χ1) is 10.2. The molecule has 1 atom stereocenters. The Kier molecular flexibility index (Phi) is 6.40. The van der Waals surface area contributed by atoms with Crippen LogP contribution in [-0.2, 0) is 12.8 Å². The largest absolute Gasteiger partial charge is 0.314 e. The highest BCUT2D eigenvalue weighted by Gasteiger charge is 2.11. The Balaban J connectivity index is 1.90. The maximum Gasteiger partial charge on any atom is 0.0897 e. The van der Waals surface area contributed by atoms with E-state index in [0.717, 1.165) is 24.4 Å². The second kappa shape index (κ2) is 8.30. The topological polar surface area (TPSA) is 24.9 Å². The zero-order chi connectivity index (χ0) is 15.1. The molecule has 1 aromatic heterocycles. The van der Waals surface area contributed by atoms with E-state index in [2.05, 4.69) is 60.7 Å². The molecule has 114 valence electrons. The molecule has 1 unspecified atom stereocenters. The second-order valence-corrected chi connectivity index (χ2v) is 6.80. The third-order valence-electron chi connectivity index (χ3n) is 3.71. The maximum atomic E-state index is 4.60. The van der Waals surface area contributed by atoms with Crippen molar-refractivity contribution in [1.82, 2.24) is 10.3 Å². The van der Waals surface area contributed by atoms with E-state index in [9.17, 15) is 0 Å². The number of nitrogens with one attached hydrogen (secondary N) is 1. The summed E-state index contributed by atoms with van der Waals surface area (Å²) in [5.74, 6) is 0. The van der Waals surface area contributed by atoms with Crippen LogP contribution >= 0.6 is 11.3 Å². The van der Waals surface area contributed by atoms with Crippen molar-refractivity contribution in [2.75, 3.05) is 6.54 Å². The van der Waals surface area contributed by atoms with Crippen molar-refractivity contribution < 1.29 is 0 Å². The van der Waals surface area contributed by atoms with E-state index in [4.69, 9.17) is 0 Å². The molecule has 0 aliphatic rings. The molecule has 0 spiro atoms. The number of thiazole rings is 1. The lowest BCUT2D eigenvalue weighted by atomic mass is 10.0. The molecule has 0 radical (unpaired) electrons. The zero-order valence-electron chi connectivity index (χ0n) is 13.4. The lowest BCUT2D eigenvalue weighted by Gasteiger charge is -2.17. The van der Waals surface area contributed by atoms with E-state index in [1.807, 2.05) is 0 Å². The van der Waals surface area contributed by atoms with Gasteiger partial charge in [0, 0.05) is 17.8 Å². The molecule has 0 amide bonds. The third-order valence-corrected chi connectivity index (χ3v) is 4.53. The summed E-state index contributed by atoms with van der Waals surface area (Å²) < 4.78 is 0. The molecule has 1 heterocycles. The van der Waals surface area contributed by atoms with Gasteiger partial charge in [0.15, 0.2) is 0 Å². The van der Waals surface area contributed by atoms with Gasteiger partial charge < -0.3 is 5.32 Å². The average molecular weight is 302 g/mol. The summed E-state index contributed by atoms with van der Waals surface area (Å²) >= 11 is 1.75. The fraction of sp³-hybridized carbons (Fsp3) is 0.500. The first-order valence-electron chi connectivity index (χ1n) is 7.87. The molecular weight excluding hydrogens is 276 g/mol. The van der Waals surface area contributed by atoms with Gasteiger partial charge in [0.05, 0.1) is 10.7 Å². The molecule has 2 rings (SSSR count). The van der Waals surface area contributed by atoms with Crippen LogP contribution in [0.15, 0.2) is 29.6 Å². The SMILES string of the molecule is CCCNC(CCc1ccc(C)cc1)Cc1csc(C)n1. The van der Waals surface area contributed by atoms with E-state index in [-0.39, 0.29) is 0 Å². The molecule has 0 fully saturated rings. The number of nitrogens with zero attached hydrogens (tertiary/aromatic N) is 1. The van der Waals surface area contributed by atoms with Crippen LogP contribution in [0.1, 0.15) is 41.6 Å². The van der Waals surface area contributed by atoms with E-state index in [1.54, 1.807) is 11.3 Å². The highest BCUT2D eigenvalue weighted by Crippen LogP contribution is 2.13. The first-order valence-corrected chi connectivity index (χ1v) is 8.75. The van der Waals surface area contributed by atoms with Crippen molar-refractivity contribution in [2.24, 2.45) is 0 Å². The minimum Gasteiger partial charge on any atom is -0.314 e.